The third kappa shape index (κ3) is 3.87. The van der Waals surface area contributed by atoms with Gasteiger partial charge in [-0.3, -0.25) is 9.97 Å². The number of fused-ring (bicyclic) bond motifs is 1. The molecule has 32 heavy (non-hydrogen) atoms. The maximum atomic E-state index is 13.4. The van der Waals surface area contributed by atoms with Gasteiger partial charge in [-0.1, -0.05) is 0 Å². The molecule has 168 valence electrons. The molecule has 1 fully saturated rings. The monoisotopic (exact) mass is 459 g/mol. The molecule has 1 atom stereocenters. The molecule has 4 rings (SSSR count). The van der Waals surface area contributed by atoms with Gasteiger partial charge in [0.05, 0.1) is 28.5 Å². The lowest BCUT2D eigenvalue weighted by atomic mass is 9.92. The van der Waals surface area contributed by atoms with Crippen molar-refractivity contribution in [3.8, 4) is 17.5 Å². The van der Waals surface area contributed by atoms with E-state index in [-0.39, 0.29) is 10.9 Å². The minimum Gasteiger partial charge on any atom is -0.335 e. The van der Waals surface area contributed by atoms with Crippen LogP contribution in [0.2, 0.25) is 0 Å². The molecule has 0 saturated heterocycles. The van der Waals surface area contributed by atoms with Gasteiger partial charge < -0.3 is 4.57 Å². The number of nitrogens with zero attached hydrogens (tertiary/aromatic N) is 4. The molecular weight excluding hydrogens is 436 g/mol. The average molecular weight is 460 g/mol. The number of rotatable bonds is 6. The smallest absolute Gasteiger partial charge is 0.261 e. The normalized spacial score (nSPS) is 16.0. The number of nitrogens with one attached hydrogen (secondary N) is 1. The maximum absolute atomic E-state index is 13.4. The van der Waals surface area contributed by atoms with Crippen molar-refractivity contribution >= 4 is 20.9 Å². The first-order chi connectivity index (χ1) is 15.0. The fraction of sp³-hybridized carbons (Fsp3) is 0.409. The summed E-state index contributed by atoms with van der Waals surface area (Å²) >= 11 is 0. The molecule has 7 nitrogen and oxygen atoms in total. The number of pyridine rings is 2. The van der Waals surface area contributed by atoms with Crippen LogP contribution in [0.4, 0.5) is 8.78 Å². The van der Waals surface area contributed by atoms with E-state index in [1.165, 1.54) is 12.1 Å². The Labute approximate surface area is 185 Å². The second-order valence-corrected chi connectivity index (χ2v) is 10.0. The van der Waals surface area contributed by atoms with E-state index in [1.54, 1.807) is 6.20 Å². The van der Waals surface area contributed by atoms with E-state index in [0.29, 0.717) is 23.9 Å². The molecule has 0 bridgehead atoms. The minimum absolute atomic E-state index is 0.218. The van der Waals surface area contributed by atoms with Crippen molar-refractivity contribution in [2.24, 2.45) is 0 Å². The zero-order valence-electron chi connectivity index (χ0n) is 17.9. The van der Waals surface area contributed by atoms with E-state index in [1.807, 2.05) is 17.7 Å². The lowest BCUT2D eigenvalue weighted by Crippen LogP contribution is -2.43. The fourth-order valence-electron chi connectivity index (χ4n) is 3.78. The molecule has 0 spiro atoms. The van der Waals surface area contributed by atoms with Crippen molar-refractivity contribution in [2.45, 2.75) is 62.9 Å². The van der Waals surface area contributed by atoms with E-state index in [4.69, 9.17) is 0 Å². The van der Waals surface area contributed by atoms with E-state index in [2.05, 4.69) is 20.6 Å². The summed E-state index contributed by atoms with van der Waals surface area (Å²) in [6, 6.07) is 5.66. The molecular formula is C22H23F2N5O2S. The number of hydrogen-bond acceptors (Lipinski definition) is 5. The van der Waals surface area contributed by atoms with Crippen molar-refractivity contribution < 1.29 is 17.2 Å². The van der Waals surface area contributed by atoms with Crippen molar-refractivity contribution in [3.63, 3.8) is 0 Å². The van der Waals surface area contributed by atoms with Crippen LogP contribution < -0.4 is 4.72 Å². The van der Waals surface area contributed by atoms with Gasteiger partial charge in [-0.05, 0) is 51.3 Å². The van der Waals surface area contributed by atoms with Gasteiger partial charge in [-0.15, -0.1) is 0 Å². The molecule has 1 aliphatic rings. The first-order valence-corrected chi connectivity index (χ1v) is 11.8. The van der Waals surface area contributed by atoms with Gasteiger partial charge in [-0.2, -0.15) is 5.26 Å². The Bertz CT molecular complexity index is 1320. The van der Waals surface area contributed by atoms with Crippen molar-refractivity contribution in [1.82, 2.24) is 19.3 Å². The molecule has 3 aromatic heterocycles. The Morgan fingerprint density at radius 2 is 2.00 bits per heavy atom. The molecule has 10 heteroatoms. The van der Waals surface area contributed by atoms with E-state index < -0.39 is 22.0 Å². The highest BCUT2D eigenvalue weighted by Gasteiger charge is 2.34. The van der Waals surface area contributed by atoms with Crippen LogP contribution >= 0.6 is 0 Å². The largest absolute Gasteiger partial charge is 0.335 e. The number of alkyl halides is 2. The number of aromatic nitrogens is 3. The lowest BCUT2D eigenvalue weighted by molar-refractivity contribution is -0.00488. The summed E-state index contributed by atoms with van der Waals surface area (Å²) in [5.41, 5.74) is 3.21. The quantitative estimate of drug-likeness (QED) is 0.591. The molecule has 0 aromatic carbocycles. The van der Waals surface area contributed by atoms with Gasteiger partial charge >= 0.3 is 0 Å². The standard InChI is InChI=1S/C22H23F2N5O2S/c1-13-9-20-18(12-26-13)17(10-25)21(29(20)15-5-4-6-15)19-8-7-16(11-27-19)32(30,31)28-14(2)22(3,23)24/h7-9,11-12,14-15,28H,4-6H2,1-3H3/t14-/m1/s1. The van der Waals surface area contributed by atoms with E-state index in [0.717, 1.165) is 49.0 Å². The predicted octanol–water partition coefficient (Wildman–Crippen LogP) is 4.33. The zero-order chi connectivity index (χ0) is 23.3. The van der Waals surface area contributed by atoms with E-state index in [9.17, 15) is 22.5 Å². The summed E-state index contributed by atoms with van der Waals surface area (Å²) in [5.74, 6) is -3.21. The van der Waals surface area contributed by atoms with Crippen molar-refractivity contribution in [1.29, 1.82) is 5.26 Å². The maximum Gasteiger partial charge on any atom is 0.261 e. The molecule has 0 radical (unpaired) electrons. The highest BCUT2D eigenvalue weighted by Crippen LogP contribution is 2.42. The van der Waals surface area contributed by atoms with Crippen LogP contribution in [0, 0.1) is 18.3 Å². The van der Waals surface area contributed by atoms with E-state index >= 15 is 0 Å². The highest BCUT2D eigenvalue weighted by molar-refractivity contribution is 7.89. The molecule has 1 N–H and O–H groups in total. The Morgan fingerprint density at radius 1 is 1.28 bits per heavy atom. The minimum atomic E-state index is -4.18. The lowest BCUT2D eigenvalue weighted by Gasteiger charge is -2.30. The van der Waals surface area contributed by atoms with Gasteiger partial charge in [0.15, 0.2) is 0 Å². The summed E-state index contributed by atoms with van der Waals surface area (Å²) in [4.78, 5) is 8.42. The number of sulfonamides is 1. The van der Waals surface area contributed by atoms with Crippen LogP contribution in [-0.4, -0.2) is 34.9 Å². The number of halogens is 2. The van der Waals surface area contributed by atoms with Crippen LogP contribution in [0.3, 0.4) is 0 Å². The predicted molar refractivity (Wildman–Crippen MR) is 116 cm³/mol. The number of aryl methyl sites for hydroxylation is 1. The SMILES string of the molecule is Cc1cc2c(cn1)c(C#N)c(-c1ccc(S(=O)(=O)N[C@H](C)C(C)(F)F)cn1)n2C1CCC1. The Morgan fingerprint density at radius 3 is 2.53 bits per heavy atom. The summed E-state index contributed by atoms with van der Waals surface area (Å²) < 4.78 is 56.0. The molecule has 0 amide bonds. The van der Waals surface area contributed by atoms with Gasteiger partial charge in [0.1, 0.15) is 11.0 Å². The molecule has 1 saturated carbocycles. The molecule has 3 aromatic rings. The van der Waals surface area contributed by atoms with Crippen LogP contribution in [-0.2, 0) is 10.0 Å². The molecule has 0 aliphatic heterocycles. The van der Waals surface area contributed by atoms with Gasteiger partial charge in [0.25, 0.3) is 5.92 Å². The third-order valence-corrected chi connectivity index (χ3v) is 7.48. The third-order valence-electron chi connectivity index (χ3n) is 5.96. The Hall–Kier alpha value is -2.90. The summed E-state index contributed by atoms with van der Waals surface area (Å²) in [7, 11) is -4.18. The first-order valence-electron chi connectivity index (χ1n) is 10.3. The summed E-state index contributed by atoms with van der Waals surface area (Å²) in [5, 5.41) is 10.6. The van der Waals surface area contributed by atoms with Crippen molar-refractivity contribution in [2.75, 3.05) is 0 Å². The zero-order valence-corrected chi connectivity index (χ0v) is 18.7. The number of nitriles is 1. The molecule has 1 aliphatic carbocycles. The van der Waals surface area contributed by atoms with Crippen LogP contribution in [0.25, 0.3) is 22.3 Å². The van der Waals surface area contributed by atoms with Gasteiger partial charge in [0, 0.05) is 36.4 Å². The van der Waals surface area contributed by atoms with Crippen LogP contribution in [0.1, 0.15) is 50.4 Å². The number of hydrogen-bond donors (Lipinski definition) is 1. The van der Waals surface area contributed by atoms with Gasteiger partial charge in [0.2, 0.25) is 10.0 Å². The molecule has 0 unspecified atom stereocenters. The Balaban J connectivity index is 1.80. The second kappa shape index (κ2) is 7.90. The van der Waals surface area contributed by atoms with Gasteiger partial charge in [-0.25, -0.2) is 21.9 Å². The van der Waals surface area contributed by atoms with Crippen molar-refractivity contribution in [3.05, 3.63) is 41.9 Å². The fourth-order valence-corrected chi connectivity index (χ4v) is 5.03. The second-order valence-electron chi connectivity index (χ2n) is 8.31. The topological polar surface area (TPSA) is 101 Å². The molecule has 3 heterocycles. The average Bonchev–Trinajstić information content (AvgIpc) is 2.99. The van der Waals surface area contributed by atoms with Crippen LogP contribution in [0.15, 0.2) is 35.5 Å². The summed E-state index contributed by atoms with van der Waals surface area (Å²) in [6.45, 7) is 3.64. The van der Waals surface area contributed by atoms with Crippen LogP contribution in [0.5, 0.6) is 0 Å². The summed E-state index contributed by atoms with van der Waals surface area (Å²) in [6.07, 6.45) is 5.85. The Kier molecular flexibility index (Phi) is 5.51. The highest BCUT2D eigenvalue weighted by atomic mass is 32.2. The first kappa shape index (κ1) is 22.3.